The lowest BCUT2D eigenvalue weighted by molar-refractivity contribution is -0.385. The van der Waals surface area contributed by atoms with E-state index in [9.17, 15) is 20.2 Å². The molecule has 0 bridgehead atoms. The highest BCUT2D eigenvalue weighted by molar-refractivity contribution is 9.11. The molecule has 6 heterocycles. The van der Waals surface area contributed by atoms with Crippen molar-refractivity contribution in [2.45, 2.75) is 14.4 Å². The Hall–Kier alpha value is -9.42. The number of nitrogens with one attached hydrogen (secondary N) is 1. The number of hydrogen-bond donors (Lipinski definition) is 2. The molecule has 20 heteroatoms. The Labute approximate surface area is 667 Å². The summed E-state index contributed by atoms with van der Waals surface area (Å²) in [5.41, 5.74) is 9.14. The molecule has 0 saturated carbocycles. The Morgan fingerprint density at radius 2 is 0.830 bits per heavy atom. The molecule has 6 aromatic heterocycles. The predicted molar refractivity (Wildman–Crippen MR) is 471 cm³/mol. The summed E-state index contributed by atoms with van der Waals surface area (Å²) in [7, 11) is 0.721. The first kappa shape index (κ1) is 73.5. The van der Waals surface area contributed by atoms with Gasteiger partial charge in [0.2, 0.25) is 0 Å². The van der Waals surface area contributed by atoms with Crippen LogP contribution in [-0.2, 0) is 0 Å². The normalized spacial score (nSPS) is 11.0. The van der Waals surface area contributed by atoms with Gasteiger partial charge in [-0.3, -0.25) is 20.2 Å². The second kappa shape index (κ2) is 32.3. The first-order valence-electron chi connectivity index (χ1n) is 32.8. The lowest BCUT2D eigenvalue weighted by Gasteiger charge is -2.07. The summed E-state index contributed by atoms with van der Waals surface area (Å²) in [5, 5.41) is 45.9. The number of nitrogens with zero attached hydrogens (tertiary/aromatic N) is 3. The average Bonchev–Trinajstić information content (AvgIpc) is 1.56. The van der Waals surface area contributed by atoms with Crippen LogP contribution in [0.5, 0.6) is 5.75 Å². The number of H-pyrrole nitrogens is 1. The predicted octanol–water partition coefficient (Wildman–Crippen LogP) is 29.5. The Balaban J connectivity index is 0.000000111. The van der Waals surface area contributed by atoms with E-state index in [4.69, 9.17) is 9.68 Å². The zero-order valence-electron chi connectivity index (χ0n) is 55.1. The molecule has 0 fully saturated rings. The fourth-order valence-electron chi connectivity index (χ4n) is 13.1. The van der Waals surface area contributed by atoms with E-state index in [0.717, 1.165) is 37.0 Å². The molecule has 0 spiro atoms. The number of aryl methyl sites for hydroxylation is 1. The van der Waals surface area contributed by atoms with Crippen LogP contribution in [0, 0.1) is 27.2 Å². The Morgan fingerprint density at radius 1 is 0.387 bits per heavy atom. The van der Waals surface area contributed by atoms with Crippen LogP contribution in [-0.4, -0.2) is 32.1 Å². The molecule has 14 aromatic carbocycles. The van der Waals surface area contributed by atoms with Crippen molar-refractivity contribution in [1.29, 1.82) is 0 Å². The second-order valence-electron chi connectivity index (χ2n) is 24.2. The number of halogens is 5. The molecule has 20 rings (SSSR count). The molecule has 2 N–H and O–H groups in total. The van der Waals surface area contributed by atoms with E-state index in [-0.39, 0.29) is 23.7 Å². The highest BCUT2D eigenvalue weighted by Gasteiger charge is 2.22. The number of aromatic amines is 1. The highest BCUT2D eigenvalue weighted by atomic mass is 79.9. The van der Waals surface area contributed by atoms with Crippen LogP contribution in [0.4, 0.5) is 11.4 Å². The highest BCUT2D eigenvalue weighted by Crippen LogP contribution is 2.47. The van der Waals surface area contributed by atoms with Crippen LogP contribution in [0.3, 0.4) is 0 Å². The van der Waals surface area contributed by atoms with Gasteiger partial charge in [0.05, 0.1) is 35.6 Å². The van der Waals surface area contributed by atoms with Gasteiger partial charge in [0.1, 0.15) is 5.75 Å². The summed E-state index contributed by atoms with van der Waals surface area (Å²) in [4.78, 5) is 24.5. The standard InChI is InChI=1S/C24H14BrNS.C18H10BrNO2S.C18H10BrNS.C12H8BO2S.C7H8.C6H3Br2NO2.CH4/c25-15-10-11-19-21(14-15)26(16-6-2-1-3-7-16)20-13-12-18-17-8-4-5-9-22(17)27-24(18)23(19)20;19-11-8-9-12(16(10-11)20(21)22)14-5-3-6-15-13-4-1-2-7-17(13)23-18(14)15;19-10-5-6-13-15(9-10)20-14-8-7-12-11-3-1-2-4-16(11)21-18(12)17(13)14;14-13-15-10-6-3-5-9-8-4-1-2-7-11(8)16-12(9)10;1-7-5-3-2-4-6-7;7-4-1-2-5(8)6(3-4)9(10)11;/h1-14H;1-10H;1-9,20H;1-7,14H;2-6H,1H3;1-3H;1H4. The van der Waals surface area contributed by atoms with Gasteiger partial charge in [-0.1, -0.05) is 253 Å². The number of nitro groups is 2. The second-order valence-corrected chi connectivity index (χ2v) is 32.9. The van der Waals surface area contributed by atoms with Crippen molar-refractivity contribution in [3.63, 3.8) is 0 Å². The summed E-state index contributed by atoms with van der Waals surface area (Å²) in [6.45, 7) is 2.08. The molecule has 0 amide bonds. The fourth-order valence-corrected chi connectivity index (χ4v) is 19.8. The van der Waals surface area contributed by atoms with Crippen LogP contribution in [0.2, 0.25) is 0 Å². The van der Waals surface area contributed by atoms with E-state index < -0.39 is 4.92 Å². The molecular weight excluding hydrogens is 1720 g/mol. The van der Waals surface area contributed by atoms with Crippen LogP contribution in [0.25, 0.3) is 141 Å². The molecule has 0 atom stereocenters. The fraction of sp³-hybridized carbons (Fsp3) is 0.0233. The summed E-state index contributed by atoms with van der Waals surface area (Å²) in [6.07, 6.45) is 0. The summed E-state index contributed by atoms with van der Waals surface area (Å²) < 4.78 is 21.6. The van der Waals surface area contributed by atoms with E-state index in [1.54, 1.807) is 46.9 Å². The maximum absolute atomic E-state index is 11.4. The van der Waals surface area contributed by atoms with E-state index in [1.807, 2.05) is 95.5 Å². The molecule has 1 radical (unpaired) electrons. The lowest BCUT2D eigenvalue weighted by atomic mass is 10.0. The van der Waals surface area contributed by atoms with Crippen molar-refractivity contribution in [2.24, 2.45) is 0 Å². The number of thiophene rings is 4. The van der Waals surface area contributed by atoms with Gasteiger partial charge >= 0.3 is 7.69 Å². The average molecular weight is 1780 g/mol. The van der Waals surface area contributed by atoms with Crippen molar-refractivity contribution < 1.29 is 19.5 Å². The summed E-state index contributed by atoms with van der Waals surface area (Å²) >= 11 is 23.9. The maximum Gasteiger partial charge on any atom is 0.569 e. The van der Waals surface area contributed by atoms with Crippen LogP contribution in [0.15, 0.2) is 314 Å². The minimum Gasteiger partial charge on any atom is -0.536 e. The van der Waals surface area contributed by atoms with Gasteiger partial charge in [0.15, 0.2) is 0 Å². The van der Waals surface area contributed by atoms with Crippen LogP contribution in [0.1, 0.15) is 13.0 Å². The smallest absolute Gasteiger partial charge is 0.536 e. The first-order chi connectivity index (χ1) is 51.2. The van der Waals surface area contributed by atoms with Crippen LogP contribution < -0.4 is 4.65 Å². The van der Waals surface area contributed by atoms with Gasteiger partial charge < -0.3 is 19.2 Å². The molecule has 10 nitrogen and oxygen atoms in total. The lowest BCUT2D eigenvalue weighted by Crippen LogP contribution is -1.99. The Bertz CT molecular complexity index is 6700. The number of rotatable bonds is 6. The molecule has 20 aromatic rings. The van der Waals surface area contributed by atoms with Crippen molar-refractivity contribution >= 4 is 268 Å². The van der Waals surface area contributed by atoms with Gasteiger partial charge in [-0.2, -0.15) is 0 Å². The third-order valence-electron chi connectivity index (χ3n) is 17.8. The number of fused-ring (bicyclic) bond motifs is 20. The number of aromatic nitrogens is 2. The molecular formula is C86H57BBr5N4O6S4. The van der Waals surface area contributed by atoms with Gasteiger partial charge in [-0.05, 0) is 126 Å². The zero-order chi connectivity index (χ0) is 72.4. The third kappa shape index (κ3) is 14.9. The molecule has 0 unspecified atom stereocenters. The molecule has 106 heavy (non-hydrogen) atoms. The number of nitro benzene ring substituents is 2. The van der Waals surface area contributed by atoms with Gasteiger partial charge in [-0.25, -0.2) is 0 Å². The van der Waals surface area contributed by atoms with Crippen molar-refractivity contribution in [3.8, 4) is 22.6 Å². The molecule has 0 aliphatic carbocycles. The number of para-hydroxylation sites is 1. The first-order valence-corrected chi connectivity index (χ1v) is 40.0. The Morgan fingerprint density at radius 3 is 1.40 bits per heavy atom. The van der Waals surface area contributed by atoms with Crippen LogP contribution >= 0.6 is 125 Å². The quantitative estimate of drug-likeness (QED) is 0.0967. The monoisotopic (exact) mass is 1770 g/mol. The topological polar surface area (TPSA) is 136 Å². The maximum atomic E-state index is 11.4. The van der Waals surface area contributed by atoms with E-state index in [0.29, 0.717) is 24.7 Å². The number of benzene rings is 14. The van der Waals surface area contributed by atoms with Crippen molar-refractivity contribution in [1.82, 2.24) is 9.55 Å². The SMILES string of the molecule is Brc1ccc2c(c1)[nH]c1ccc3c4ccccc4sc3c12.Brc1ccc2c3c4sc5ccccc5c4ccc3n(-c3ccccc3)c2c1.C.Cc1ccccc1.O=[N+]([O-])c1cc(Br)ccc1-c1cccc2c1sc1ccccc12.O=[N+]([O-])c1cc(Br)ccc1Br.O[B]Oc1cccc2c1sc1ccccc12. The molecule has 519 valence electrons. The molecule has 0 aliphatic heterocycles. The van der Waals surface area contributed by atoms with Gasteiger partial charge in [-0.15, -0.1) is 45.3 Å². The minimum absolute atomic E-state index is 0. The van der Waals surface area contributed by atoms with E-state index in [2.05, 4.69) is 284 Å². The van der Waals surface area contributed by atoms with Crippen molar-refractivity contribution in [2.75, 3.05) is 0 Å². The molecule has 0 saturated heterocycles. The minimum atomic E-state index is -0.436. The summed E-state index contributed by atoms with van der Waals surface area (Å²) in [6, 6.07) is 98.6. The van der Waals surface area contributed by atoms with Crippen molar-refractivity contribution in [3.05, 3.63) is 339 Å². The Kier molecular flexibility index (Phi) is 22.4. The van der Waals surface area contributed by atoms with E-state index >= 15 is 0 Å². The summed E-state index contributed by atoms with van der Waals surface area (Å²) in [5.74, 6) is 0.696. The third-order valence-corrected chi connectivity index (χ3v) is 25.2. The largest absolute Gasteiger partial charge is 0.569 e. The van der Waals surface area contributed by atoms with Gasteiger partial charge in [0.25, 0.3) is 11.4 Å². The van der Waals surface area contributed by atoms with E-state index in [1.165, 1.54) is 127 Å². The zero-order valence-corrected chi connectivity index (χ0v) is 66.3. The van der Waals surface area contributed by atoms with Gasteiger partial charge in [0, 0.05) is 150 Å². The molecule has 0 aliphatic rings. The number of hydrogen-bond acceptors (Lipinski definition) is 10.